The summed E-state index contributed by atoms with van der Waals surface area (Å²) in [5.74, 6) is 0.896. The van der Waals surface area contributed by atoms with Crippen LogP contribution >= 0.6 is 0 Å². The third kappa shape index (κ3) is 2.76. The fraction of sp³-hybridized carbons (Fsp3) is 0.533. The van der Waals surface area contributed by atoms with Crippen LogP contribution in [0.25, 0.3) is 0 Å². The van der Waals surface area contributed by atoms with Gasteiger partial charge >= 0.3 is 0 Å². The Bertz CT molecular complexity index is 629. The first kappa shape index (κ1) is 14.8. The smallest absolute Gasteiger partial charge is 0.229 e. The Balaban J connectivity index is 1.81. The fourth-order valence-corrected chi connectivity index (χ4v) is 2.88. The number of carbonyl (C=O) groups excluding carboxylic acids is 1. The quantitative estimate of drug-likeness (QED) is 0.891. The summed E-state index contributed by atoms with van der Waals surface area (Å²) in [5, 5.41) is 6.72. The van der Waals surface area contributed by atoms with Gasteiger partial charge in [0.1, 0.15) is 5.82 Å². The molecule has 0 unspecified atom stereocenters. The molecule has 1 aliphatic rings. The summed E-state index contributed by atoms with van der Waals surface area (Å²) in [6, 6.07) is 1.76. The van der Waals surface area contributed by atoms with Gasteiger partial charge in [0.25, 0.3) is 0 Å². The second-order valence-electron chi connectivity index (χ2n) is 5.75. The molecule has 2 aromatic rings. The van der Waals surface area contributed by atoms with Crippen molar-refractivity contribution in [2.24, 2.45) is 0 Å². The van der Waals surface area contributed by atoms with Crippen LogP contribution in [0.15, 0.2) is 12.3 Å². The van der Waals surface area contributed by atoms with Crippen molar-refractivity contribution >= 4 is 5.91 Å². The maximum atomic E-state index is 12.6. The molecule has 22 heavy (non-hydrogen) atoms. The zero-order valence-corrected chi connectivity index (χ0v) is 13.1. The average molecular weight is 303 g/mol. The minimum absolute atomic E-state index is 0.0430. The Labute approximate surface area is 129 Å². The molecule has 2 atom stereocenters. The van der Waals surface area contributed by atoms with E-state index in [9.17, 15) is 4.79 Å². The number of hydrogen-bond acceptors (Lipinski definition) is 4. The summed E-state index contributed by atoms with van der Waals surface area (Å²) in [4.78, 5) is 22.3. The molecule has 3 rings (SSSR count). The van der Waals surface area contributed by atoms with Gasteiger partial charge in [-0.25, -0.2) is 4.98 Å². The van der Waals surface area contributed by atoms with Crippen LogP contribution in [0.4, 0.5) is 0 Å². The summed E-state index contributed by atoms with van der Waals surface area (Å²) in [6.45, 7) is 4.55. The highest BCUT2D eigenvalue weighted by molar-refractivity contribution is 5.79. The molecule has 2 N–H and O–H groups in total. The molecule has 1 amide bonds. The summed E-state index contributed by atoms with van der Waals surface area (Å²) >= 11 is 0. The Morgan fingerprint density at radius 2 is 2.32 bits per heavy atom. The third-order valence-electron chi connectivity index (χ3n) is 4.28. The van der Waals surface area contributed by atoms with Gasteiger partial charge in [0.2, 0.25) is 5.91 Å². The largest absolute Gasteiger partial charge is 0.380 e. The SMILES string of the molecule is CO[C@@H]1C[C@@H](c2nc(C)c(C)[nH]2)N(C(=O)Cc2ccn[nH]2)C1. The van der Waals surface area contributed by atoms with Gasteiger partial charge in [-0.1, -0.05) is 0 Å². The summed E-state index contributed by atoms with van der Waals surface area (Å²) < 4.78 is 5.46. The van der Waals surface area contributed by atoms with E-state index in [0.717, 1.165) is 29.3 Å². The number of methoxy groups -OCH3 is 1. The van der Waals surface area contributed by atoms with E-state index < -0.39 is 0 Å². The number of aromatic amines is 2. The molecule has 0 radical (unpaired) electrons. The van der Waals surface area contributed by atoms with Crippen molar-refractivity contribution < 1.29 is 9.53 Å². The molecule has 0 aromatic carbocycles. The predicted molar refractivity (Wildman–Crippen MR) is 80.2 cm³/mol. The fourth-order valence-electron chi connectivity index (χ4n) is 2.88. The molecule has 0 aliphatic carbocycles. The Hall–Kier alpha value is -2.15. The van der Waals surface area contributed by atoms with E-state index in [0.29, 0.717) is 13.0 Å². The highest BCUT2D eigenvalue weighted by Crippen LogP contribution is 2.32. The van der Waals surface area contributed by atoms with Gasteiger partial charge in [-0.15, -0.1) is 0 Å². The van der Waals surface area contributed by atoms with Crippen molar-refractivity contribution in [3.63, 3.8) is 0 Å². The van der Waals surface area contributed by atoms with Gasteiger partial charge in [-0.2, -0.15) is 5.10 Å². The molecule has 1 aliphatic heterocycles. The number of rotatable bonds is 4. The first-order valence-electron chi connectivity index (χ1n) is 7.42. The van der Waals surface area contributed by atoms with Crippen LogP contribution in [0.3, 0.4) is 0 Å². The zero-order chi connectivity index (χ0) is 15.7. The predicted octanol–water partition coefficient (Wildman–Crippen LogP) is 1.28. The standard InChI is InChI=1S/C15H21N5O2/c1-9-10(2)18-15(17-9)13-7-12(22-3)8-20(13)14(21)6-11-4-5-16-19-11/h4-5,12-13H,6-8H2,1-3H3,(H,16,19)(H,17,18)/t12-,13+/m1/s1. The number of imidazole rings is 1. The van der Waals surface area contributed by atoms with Crippen LogP contribution in [-0.2, 0) is 16.0 Å². The summed E-state index contributed by atoms with van der Waals surface area (Å²) in [5.41, 5.74) is 2.82. The number of nitrogens with zero attached hydrogens (tertiary/aromatic N) is 3. The van der Waals surface area contributed by atoms with Crippen LogP contribution in [0.1, 0.15) is 35.4 Å². The monoisotopic (exact) mass is 303 g/mol. The molecule has 0 bridgehead atoms. The summed E-state index contributed by atoms with van der Waals surface area (Å²) in [7, 11) is 1.68. The molecule has 7 nitrogen and oxygen atoms in total. The zero-order valence-electron chi connectivity index (χ0n) is 13.1. The molecule has 0 spiro atoms. The molecule has 3 heterocycles. The normalized spacial score (nSPS) is 21.5. The van der Waals surface area contributed by atoms with Crippen molar-refractivity contribution in [2.75, 3.05) is 13.7 Å². The molecule has 1 fully saturated rings. The lowest BCUT2D eigenvalue weighted by Crippen LogP contribution is -2.33. The van der Waals surface area contributed by atoms with Crippen LogP contribution in [0.2, 0.25) is 0 Å². The molecule has 2 aromatic heterocycles. The Morgan fingerprint density at radius 3 is 2.91 bits per heavy atom. The lowest BCUT2D eigenvalue weighted by atomic mass is 10.2. The molecule has 1 saturated heterocycles. The van der Waals surface area contributed by atoms with Gasteiger partial charge < -0.3 is 14.6 Å². The highest BCUT2D eigenvalue weighted by atomic mass is 16.5. The van der Waals surface area contributed by atoms with Crippen molar-refractivity contribution in [1.82, 2.24) is 25.1 Å². The topological polar surface area (TPSA) is 86.9 Å². The average Bonchev–Trinajstić information content (AvgIpc) is 3.20. The van der Waals surface area contributed by atoms with E-state index in [4.69, 9.17) is 4.74 Å². The second kappa shape index (κ2) is 5.92. The number of H-pyrrole nitrogens is 2. The lowest BCUT2D eigenvalue weighted by Gasteiger charge is -2.22. The van der Waals surface area contributed by atoms with Crippen LogP contribution in [0, 0.1) is 13.8 Å². The first-order chi connectivity index (χ1) is 10.6. The van der Waals surface area contributed by atoms with E-state index in [-0.39, 0.29) is 18.1 Å². The number of likely N-dealkylation sites (tertiary alicyclic amines) is 1. The molecular formula is C15H21N5O2. The van der Waals surface area contributed by atoms with E-state index >= 15 is 0 Å². The number of hydrogen-bond donors (Lipinski definition) is 2. The molecule has 7 heteroatoms. The summed E-state index contributed by atoms with van der Waals surface area (Å²) in [6.07, 6.45) is 2.77. The Morgan fingerprint density at radius 1 is 1.50 bits per heavy atom. The number of aromatic nitrogens is 4. The van der Waals surface area contributed by atoms with E-state index in [1.54, 1.807) is 13.3 Å². The number of aryl methyl sites for hydroxylation is 2. The third-order valence-corrected chi connectivity index (χ3v) is 4.28. The van der Waals surface area contributed by atoms with E-state index in [2.05, 4.69) is 20.2 Å². The van der Waals surface area contributed by atoms with E-state index in [1.165, 1.54) is 0 Å². The maximum Gasteiger partial charge on any atom is 0.229 e. The van der Waals surface area contributed by atoms with Gasteiger partial charge in [0, 0.05) is 37.7 Å². The number of nitrogens with one attached hydrogen (secondary N) is 2. The van der Waals surface area contributed by atoms with Crippen molar-refractivity contribution in [3.8, 4) is 0 Å². The number of carbonyl (C=O) groups is 1. The highest BCUT2D eigenvalue weighted by Gasteiger charge is 2.38. The molecular weight excluding hydrogens is 282 g/mol. The van der Waals surface area contributed by atoms with Crippen LogP contribution in [0.5, 0.6) is 0 Å². The van der Waals surface area contributed by atoms with Crippen LogP contribution in [-0.4, -0.2) is 50.7 Å². The van der Waals surface area contributed by atoms with Crippen molar-refractivity contribution in [1.29, 1.82) is 0 Å². The van der Waals surface area contributed by atoms with Gasteiger partial charge in [-0.3, -0.25) is 9.89 Å². The molecule has 118 valence electrons. The van der Waals surface area contributed by atoms with Gasteiger partial charge in [0.15, 0.2) is 0 Å². The minimum Gasteiger partial charge on any atom is -0.380 e. The first-order valence-corrected chi connectivity index (χ1v) is 7.42. The van der Waals surface area contributed by atoms with Crippen molar-refractivity contribution in [2.45, 2.75) is 38.8 Å². The minimum atomic E-state index is -0.0622. The number of ether oxygens (including phenoxy) is 1. The molecule has 0 saturated carbocycles. The van der Waals surface area contributed by atoms with E-state index in [1.807, 2.05) is 24.8 Å². The van der Waals surface area contributed by atoms with Crippen molar-refractivity contribution in [3.05, 3.63) is 35.2 Å². The van der Waals surface area contributed by atoms with Gasteiger partial charge in [0.05, 0.1) is 24.3 Å². The Kier molecular flexibility index (Phi) is 3.98. The van der Waals surface area contributed by atoms with Gasteiger partial charge in [-0.05, 0) is 19.9 Å². The lowest BCUT2D eigenvalue weighted by molar-refractivity contribution is -0.132. The number of amides is 1. The maximum absolute atomic E-state index is 12.6. The second-order valence-corrected chi connectivity index (χ2v) is 5.75. The van der Waals surface area contributed by atoms with Crippen LogP contribution < -0.4 is 0 Å².